The summed E-state index contributed by atoms with van der Waals surface area (Å²) in [4.78, 5) is 39.7. The molecule has 8 nitrogen and oxygen atoms in total. The topological polar surface area (TPSA) is 97.0 Å². The van der Waals surface area contributed by atoms with Crippen molar-refractivity contribution in [1.82, 2.24) is 10.2 Å². The van der Waals surface area contributed by atoms with Crippen molar-refractivity contribution in [1.29, 1.82) is 0 Å². The minimum absolute atomic E-state index is 0.0459. The molecular formula is C27H30F3N3O5. The van der Waals surface area contributed by atoms with E-state index in [4.69, 9.17) is 9.47 Å². The number of likely N-dealkylation sites (N-methyl/N-ethyl adjacent to an activating group) is 1. The Labute approximate surface area is 218 Å². The number of anilines is 1. The highest BCUT2D eigenvalue weighted by atomic mass is 19.4. The number of ether oxygens (including phenoxy) is 2. The van der Waals surface area contributed by atoms with Crippen LogP contribution in [0, 0.1) is 0 Å². The van der Waals surface area contributed by atoms with Gasteiger partial charge in [0.15, 0.2) is 0 Å². The summed E-state index contributed by atoms with van der Waals surface area (Å²) in [7, 11) is 1.68. The van der Waals surface area contributed by atoms with Gasteiger partial charge in [0.05, 0.1) is 29.7 Å². The van der Waals surface area contributed by atoms with Gasteiger partial charge in [-0.05, 0) is 61.7 Å². The molecule has 1 fully saturated rings. The molecule has 0 bridgehead atoms. The van der Waals surface area contributed by atoms with Gasteiger partial charge in [0.1, 0.15) is 18.5 Å². The maximum atomic E-state index is 13.4. The number of nitrogens with one attached hydrogen (secondary N) is 2. The first-order valence-corrected chi connectivity index (χ1v) is 12.5. The molecule has 0 aliphatic carbocycles. The van der Waals surface area contributed by atoms with Crippen LogP contribution >= 0.6 is 0 Å². The van der Waals surface area contributed by atoms with Crippen LogP contribution in [0.25, 0.3) is 0 Å². The van der Waals surface area contributed by atoms with Crippen LogP contribution in [0.4, 0.5) is 18.9 Å². The lowest BCUT2D eigenvalue weighted by Gasteiger charge is -2.42. The molecule has 2 heterocycles. The number of hydrogen-bond donors (Lipinski definition) is 2. The maximum absolute atomic E-state index is 13.4. The van der Waals surface area contributed by atoms with E-state index in [9.17, 15) is 27.6 Å². The summed E-state index contributed by atoms with van der Waals surface area (Å²) < 4.78 is 50.5. The Morgan fingerprint density at radius 2 is 1.84 bits per heavy atom. The number of benzene rings is 2. The quantitative estimate of drug-likeness (QED) is 0.579. The lowest BCUT2D eigenvalue weighted by molar-refractivity contribution is -0.137. The van der Waals surface area contributed by atoms with Crippen LogP contribution < -0.4 is 15.4 Å². The van der Waals surface area contributed by atoms with Gasteiger partial charge in [-0.1, -0.05) is 6.92 Å². The van der Waals surface area contributed by atoms with Gasteiger partial charge in [-0.2, -0.15) is 13.2 Å². The van der Waals surface area contributed by atoms with Crippen LogP contribution in [0.5, 0.6) is 5.75 Å². The molecule has 3 amide bonds. The standard InChI is InChI=1S/C27H30F3N3O5/c1-3-12-31-24(34)14-19-9-10-21-23(38-19)15-37-22-11-8-18(13-20(22)26(36)33(21)2)32-25(35)16-4-6-17(7-5-16)27(28,29)30/h4-8,11,13,19,21,23H,3,9-10,12,14-15H2,1-2H3,(H,31,34)(H,32,35)/t19-,21+,23+/m1/s1. The van der Waals surface area contributed by atoms with E-state index in [2.05, 4.69) is 10.6 Å². The number of rotatable bonds is 6. The second-order valence-corrected chi connectivity index (χ2v) is 9.46. The number of amides is 3. The molecule has 0 spiro atoms. The van der Waals surface area contributed by atoms with E-state index < -0.39 is 23.8 Å². The fourth-order valence-corrected chi connectivity index (χ4v) is 4.66. The second-order valence-electron chi connectivity index (χ2n) is 9.46. The van der Waals surface area contributed by atoms with Crippen molar-refractivity contribution in [2.45, 2.75) is 57.0 Å². The number of fused-ring (bicyclic) bond motifs is 2. The van der Waals surface area contributed by atoms with Gasteiger partial charge in [-0.25, -0.2) is 0 Å². The van der Waals surface area contributed by atoms with Crippen LogP contribution in [-0.4, -0.2) is 61.1 Å². The summed E-state index contributed by atoms with van der Waals surface area (Å²) in [5.41, 5.74) is -0.257. The lowest BCUT2D eigenvalue weighted by Crippen LogP contribution is -2.54. The largest absolute Gasteiger partial charge is 0.490 e. The minimum atomic E-state index is -4.50. The first-order chi connectivity index (χ1) is 18.1. The van der Waals surface area contributed by atoms with Crippen molar-refractivity contribution in [2.24, 2.45) is 0 Å². The molecule has 1 saturated heterocycles. The molecule has 0 saturated carbocycles. The predicted molar refractivity (Wildman–Crippen MR) is 133 cm³/mol. The Balaban J connectivity index is 1.45. The summed E-state index contributed by atoms with van der Waals surface area (Å²) in [6.45, 7) is 2.77. The molecule has 2 aromatic carbocycles. The van der Waals surface area contributed by atoms with Crippen molar-refractivity contribution < 1.29 is 37.0 Å². The lowest BCUT2D eigenvalue weighted by atomic mass is 9.94. The van der Waals surface area contributed by atoms with Gasteiger partial charge in [0, 0.05) is 24.8 Å². The molecule has 204 valence electrons. The number of carbonyl (C=O) groups is 3. The highest BCUT2D eigenvalue weighted by Crippen LogP contribution is 2.33. The van der Waals surface area contributed by atoms with Crippen molar-refractivity contribution >= 4 is 23.4 Å². The number of alkyl halides is 3. The van der Waals surface area contributed by atoms with Gasteiger partial charge < -0.3 is 25.0 Å². The third-order valence-corrected chi connectivity index (χ3v) is 6.73. The first kappa shape index (κ1) is 27.4. The third-order valence-electron chi connectivity index (χ3n) is 6.73. The van der Waals surface area contributed by atoms with Crippen molar-refractivity contribution in [3.8, 4) is 5.75 Å². The molecule has 2 N–H and O–H groups in total. The second kappa shape index (κ2) is 11.4. The molecule has 0 radical (unpaired) electrons. The van der Waals surface area contributed by atoms with Gasteiger partial charge in [0.2, 0.25) is 5.91 Å². The van der Waals surface area contributed by atoms with E-state index in [0.29, 0.717) is 30.8 Å². The van der Waals surface area contributed by atoms with Crippen LogP contribution in [-0.2, 0) is 15.7 Å². The van der Waals surface area contributed by atoms with Gasteiger partial charge in [-0.15, -0.1) is 0 Å². The van der Waals surface area contributed by atoms with E-state index in [-0.39, 0.29) is 48.1 Å². The number of hydrogen-bond acceptors (Lipinski definition) is 5. The molecule has 2 aromatic rings. The Kier molecular flexibility index (Phi) is 8.25. The smallest absolute Gasteiger partial charge is 0.416 e. The third kappa shape index (κ3) is 6.27. The molecule has 2 aliphatic rings. The Bertz CT molecular complexity index is 1190. The van der Waals surface area contributed by atoms with E-state index in [0.717, 1.165) is 30.7 Å². The summed E-state index contributed by atoms with van der Waals surface area (Å²) in [6, 6.07) is 8.21. The van der Waals surface area contributed by atoms with Crippen LogP contribution in [0.2, 0.25) is 0 Å². The zero-order valence-corrected chi connectivity index (χ0v) is 21.1. The molecule has 0 unspecified atom stereocenters. The molecule has 4 rings (SSSR count). The summed E-state index contributed by atoms with van der Waals surface area (Å²) in [6.07, 6.45) is -2.81. The van der Waals surface area contributed by atoms with Crippen molar-refractivity contribution in [3.05, 3.63) is 59.2 Å². The van der Waals surface area contributed by atoms with Crippen LogP contribution in [0.15, 0.2) is 42.5 Å². The van der Waals surface area contributed by atoms with E-state index in [1.165, 1.54) is 6.07 Å². The predicted octanol–water partition coefficient (Wildman–Crippen LogP) is 4.25. The highest BCUT2D eigenvalue weighted by molar-refractivity contribution is 6.05. The zero-order valence-electron chi connectivity index (χ0n) is 21.1. The van der Waals surface area contributed by atoms with Crippen LogP contribution in [0.1, 0.15) is 58.9 Å². The first-order valence-electron chi connectivity index (χ1n) is 12.5. The normalized spacial score (nSPS) is 21.3. The fourth-order valence-electron chi connectivity index (χ4n) is 4.66. The fraction of sp³-hybridized carbons (Fsp3) is 0.444. The van der Waals surface area contributed by atoms with E-state index in [1.807, 2.05) is 6.92 Å². The number of nitrogens with zero attached hydrogens (tertiary/aromatic N) is 1. The molecule has 11 heteroatoms. The monoisotopic (exact) mass is 533 g/mol. The minimum Gasteiger partial charge on any atom is -0.490 e. The SMILES string of the molecule is CCCNC(=O)C[C@H]1CC[C@H]2[C@H](COc3ccc(NC(=O)c4ccc(C(F)(F)F)cc4)cc3C(=O)N2C)O1. The summed E-state index contributed by atoms with van der Waals surface area (Å²) in [5.74, 6) is -0.675. The van der Waals surface area contributed by atoms with E-state index >= 15 is 0 Å². The number of carbonyl (C=O) groups excluding carboxylic acids is 3. The average Bonchev–Trinajstić information content (AvgIpc) is 2.89. The highest BCUT2D eigenvalue weighted by Gasteiger charge is 2.39. The summed E-state index contributed by atoms with van der Waals surface area (Å²) >= 11 is 0. The van der Waals surface area contributed by atoms with Crippen molar-refractivity contribution in [2.75, 3.05) is 25.5 Å². The van der Waals surface area contributed by atoms with E-state index in [1.54, 1.807) is 24.1 Å². The summed E-state index contributed by atoms with van der Waals surface area (Å²) in [5, 5.41) is 5.47. The Morgan fingerprint density at radius 3 is 2.53 bits per heavy atom. The maximum Gasteiger partial charge on any atom is 0.416 e. The molecule has 0 aromatic heterocycles. The molecule has 2 aliphatic heterocycles. The Hall–Kier alpha value is -3.60. The van der Waals surface area contributed by atoms with Crippen molar-refractivity contribution in [3.63, 3.8) is 0 Å². The molecule has 3 atom stereocenters. The van der Waals surface area contributed by atoms with Crippen LogP contribution in [0.3, 0.4) is 0 Å². The molecule has 38 heavy (non-hydrogen) atoms. The molecular weight excluding hydrogens is 503 g/mol. The number of halogens is 3. The van der Waals surface area contributed by atoms with Gasteiger partial charge in [-0.3, -0.25) is 14.4 Å². The van der Waals surface area contributed by atoms with Gasteiger partial charge >= 0.3 is 6.18 Å². The zero-order chi connectivity index (χ0) is 27.4. The average molecular weight is 534 g/mol. The van der Waals surface area contributed by atoms with Gasteiger partial charge in [0.25, 0.3) is 11.8 Å². The Morgan fingerprint density at radius 1 is 1.11 bits per heavy atom.